The number of fused-ring (bicyclic) bond motifs is 2. The summed E-state index contributed by atoms with van der Waals surface area (Å²) in [5.74, 6) is 1.02. The van der Waals surface area contributed by atoms with Crippen molar-refractivity contribution < 1.29 is 18.3 Å². The minimum Gasteiger partial charge on any atom is -0.471 e. The molecule has 130 valence electrons. The standard InChI is InChI=1S/C15H19F2N5O2/c16-11(17)6-23-13-5-12(19-9-20-13)21-14-18-7-15(24-14)8-22-3-1-10(15)2-4-22/h5,9-11H,1-4,6-8H2,(H,18,19,20,21)/t15-/m0/s1. The summed E-state index contributed by atoms with van der Waals surface area (Å²) >= 11 is 0. The Kier molecular flexibility index (Phi) is 3.95. The van der Waals surface area contributed by atoms with Crippen molar-refractivity contribution in [2.75, 3.05) is 38.1 Å². The van der Waals surface area contributed by atoms with E-state index in [0.717, 1.165) is 32.5 Å². The van der Waals surface area contributed by atoms with Crippen molar-refractivity contribution >= 4 is 11.8 Å². The Morgan fingerprint density at radius 3 is 2.92 bits per heavy atom. The van der Waals surface area contributed by atoms with Gasteiger partial charge in [0.2, 0.25) is 5.88 Å². The molecule has 5 heterocycles. The molecule has 1 aromatic rings. The van der Waals surface area contributed by atoms with E-state index in [2.05, 4.69) is 25.2 Å². The van der Waals surface area contributed by atoms with Gasteiger partial charge in [-0.1, -0.05) is 0 Å². The second-order valence-corrected chi connectivity index (χ2v) is 6.41. The maximum Gasteiger partial charge on any atom is 0.291 e. The zero-order valence-electron chi connectivity index (χ0n) is 13.1. The Labute approximate surface area is 138 Å². The number of anilines is 1. The maximum atomic E-state index is 12.2. The van der Waals surface area contributed by atoms with Crippen molar-refractivity contribution in [3.05, 3.63) is 12.4 Å². The molecule has 1 atom stereocenters. The third-order valence-electron chi connectivity index (χ3n) is 4.85. The van der Waals surface area contributed by atoms with Crippen molar-refractivity contribution in [1.82, 2.24) is 14.9 Å². The average molecular weight is 339 g/mol. The van der Waals surface area contributed by atoms with Gasteiger partial charge in [-0.05, 0) is 25.9 Å². The third-order valence-corrected chi connectivity index (χ3v) is 4.85. The number of ether oxygens (including phenoxy) is 2. The molecule has 0 aliphatic carbocycles. The number of aliphatic imine (C=N–C) groups is 1. The number of hydrogen-bond donors (Lipinski definition) is 1. The van der Waals surface area contributed by atoms with Gasteiger partial charge in [-0.3, -0.25) is 10.2 Å². The number of amidine groups is 1. The fraction of sp³-hybridized carbons (Fsp3) is 0.667. The SMILES string of the molecule is FC(F)COc1cc(NC2=NC[C@@]3(CN4CCC3CC4)O2)ncn1. The van der Waals surface area contributed by atoms with Gasteiger partial charge in [0.05, 0.1) is 6.54 Å². The van der Waals surface area contributed by atoms with Crippen LogP contribution in [0.25, 0.3) is 0 Å². The molecule has 7 nitrogen and oxygen atoms in total. The molecule has 5 rings (SSSR count). The highest BCUT2D eigenvalue weighted by molar-refractivity contribution is 5.89. The van der Waals surface area contributed by atoms with E-state index < -0.39 is 13.0 Å². The lowest BCUT2D eigenvalue weighted by Crippen LogP contribution is -2.61. The molecule has 3 saturated heterocycles. The molecule has 0 saturated carbocycles. The van der Waals surface area contributed by atoms with Gasteiger partial charge >= 0.3 is 0 Å². The molecule has 0 radical (unpaired) electrons. The number of aromatic nitrogens is 2. The number of halogens is 2. The van der Waals surface area contributed by atoms with Crippen LogP contribution in [0.5, 0.6) is 5.88 Å². The molecule has 0 unspecified atom stereocenters. The van der Waals surface area contributed by atoms with Gasteiger partial charge in [-0.25, -0.2) is 23.7 Å². The second kappa shape index (κ2) is 6.12. The van der Waals surface area contributed by atoms with Gasteiger partial charge in [0.25, 0.3) is 12.4 Å². The Hall–Kier alpha value is -2.03. The van der Waals surface area contributed by atoms with Crippen molar-refractivity contribution in [3.8, 4) is 5.88 Å². The number of rotatable bonds is 4. The van der Waals surface area contributed by atoms with Crippen LogP contribution in [0.15, 0.2) is 17.4 Å². The molecule has 1 N–H and O–H groups in total. The number of hydrogen-bond acceptors (Lipinski definition) is 7. The van der Waals surface area contributed by atoms with Crippen molar-refractivity contribution in [2.45, 2.75) is 24.9 Å². The summed E-state index contributed by atoms with van der Waals surface area (Å²) in [6.45, 7) is 3.11. The van der Waals surface area contributed by atoms with Crippen LogP contribution in [0.3, 0.4) is 0 Å². The average Bonchev–Trinajstić information content (AvgIpc) is 2.96. The van der Waals surface area contributed by atoms with Crippen molar-refractivity contribution in [2.24, 2.45) is 10.9 Å². The zero-order chi connectivity index (χ0) is 16.6. The van der Waals surface area contributed by atoms with E-state index in [1.54, 1.807) is 0 Å². The molecule has 3 fully saturated rings. The largest absolute Gasteiger partial charge is 0.471 e. The lowest BCUT2D eigenvalue weighted by molar-refractivity contribution is -0.0829. The van der Waals surface area contributed by atoms with E-state index in [-0.39, 0.29) is 11.5 Å². The highest BCUT2D eigenvalue weighted by Crippen LogP contribution is 2.40. The molecule has 4 aliphatic rings. The summed E-state index contributed by atoms with van der Waals surface area (Å²) < 4.78 is 35.4. The van der Waals surface area contributed by atoms with Crippen LogP contribution < -0.4 is 10.1 Å². The van der Waals surface area contributed by atoms with Gasteiger partial charge in [-0.2, -0.15) is 0 Å². The van der Waals surface area contributed by atoms with Crippen LogP contribution in [-0.2, 0) is 4.74 Å². The second-order valence-electron chi connectivity index (χ2n) is 6.41. The first-order chi connectivity index (χ1) is 11.6. The number of alkyl halides is 2. The number of piperidine rings is 3. The molecule has 4 aliphatic heterocycles. The lowest BCUT2D eigenvalue weighted by Gasteiger charge is -2.50. The first-order valence-corrected chi connectivity index (χ1v) is 8.09. The van der Waals surface area contributed by atoms with Crippen molar-refractivity contribution in [1.29, 1.82) is 0 Å². The summed E-state index contributed by atoms with van der Waals surface area (Å²) in [7, 11) is 0. The molecule has 0 aromatic carbocycles. The van der Waals surface area contributed by atoms with Crippen LogP contribution in [0.2, 0.25) is 0 Å². The molecular formula is C15H19F2N5O2. The van der Waals surface area contributed by atoms with Crippen LogP contribution >= 0.6 is 0 Å². The Balaban J connectivity index is 1.39. The predicted molar refractivity (Wildman–Crippen MR) is 82.4 cm³/mol. The molecule has 1 spiro atoms. The van der Waals surface area contributed by atoms with Gasteiger partial charge < -0.3 is 9.47 Å². The van der Waals surface area contributed by atoms with E-state index >= 15 is 0 Å². The number of nitrogens with zero attached hydrogens (tertiary/aromatic N) is 4. The molecule has 24 heavy (non-hydrogen) atoms. The van der Waals surface area contributed by atoms with E-state index in [9.17, 15) is 8.78 Å². The topological polar surface area (TPSA) is 71.9 Å². The van der Waals surface area contributed by atoms with E-state index in [1.165, 1.54) is 12.4 Å². The fourth-order valence-electron chi connectivity index (χ4n) is 3.69. The minimum atomic E-state index is -2.55. The quantitative estimate of drug-likeness (QED) is 0.894. The molecule has 2 bridgehead atoms. The Morgan fingerprint density at radius 1 is 1.38 bits per heavy atom. The van der Waals surface area contributed by atoms with E-state index in [4.69, 9.17) is 9.47 Å². The van der Waals surface area contributed by atoms with Crippen LogP contribution in [-0.4, -0.2) is 65.7 Å². The summed E-state index contributed by atoms with van der Waals surface area (Å²) in [6.07, 6.45) is 0.988. The Bertz CT molecular complexity index is 636. The normalized spacial score (nSPS) is 31.2. The van der Waals surface area contributed by atoms with Gasteiger partial charge in [-0.15, -0.1) is 0 Å². The summed E-state index contributed by atoms with van der Waals surface area (Å²) in [6, 6.07) is 1.87. The van der Waals surface area contributed by atoms with E-state index in [1.807, 2.05) is 0 Å². The number of nitrogens with one attached hydrogen (secondary N) is 1. The summed E-state index contributed by atoms with van der Waals surface area (Å²) in [5, 5.41) is 2.99. The van der Waals surface area contributed by atoms with Crippen LogP contribution in [0, 0.1) is 5.92 Å². The van der Waals surface area contributed by atoms with Gasteiger partial charge in [0.1, 0.15) is 17.7 Å². The third kappa shape index (κ3) is 3.00. The van der Waals surface area contributed by atoms with E-state index in [0.29, 0.717) is 24.3 Å². The Morgan fingerprint density at radius 2 is 2.21 bits per heavy atom. The summed E-state index contributed by atoms with van der Waals surface area (Å²) in [5.41, 5.74) is -0.235. The highest BCUT2D eigenvalue weighted by atomic mass is 19.3. The highest BCUT2D eigenvalue weighted by Gasteiger charge is 2.51. The van der Waals surface area contributed by atoms with Crippen LogP contribution in [0.4, 0.5) is 14.6 Å². The lowest BCUT2D eigenvalue weighted by atomic mass is 9.75. The van der Waals surface area contributed by atoms with Crippen molar-refractivity contribution in [3.63, 3.8) is 0 Å². The summed E-state index contributed by atoms with van der Waals surface area (Å²) in [4.78, 5) is 14.7. The molecule has 9 heteroatoms. The van der Waals surface area contributed by atoms with Gasteiger partial charge in [0.15, 0.2) is 6.61 Å². The zero-order valence-corrected chi connectivity index (χ0v) is 13.1. The molecule has 0 amide bonds. The molecular weight excluding hydrogens is 320 g/mol. The monoisotopic (exact) mass is 339 g/mol. The first kappa shape index (κ1) is 15.5. The minimum absolute atomic E-state index is 0.0870. The first-order valence-electron chi connectivity index (χ1n) is 8.09. The van der Waals surface area contributed by atoms with Gasteiger partial charge in [0, 0.05) is 18.5 Å². The maximum absolute atomic E-state index is 12.2. The van der Waals surface area contributed by atoms with Crippen LogP contribution in [0.1, 0.15) is 12.8 Å². The fourth-order valence-corrected chi connectivity index (χ4v) is 3.69. The smallest absolute Gasteiger partial charge is 0.291 e. The predicted octanol–water partition coefficient (Wildman–Crippen LogP) is 1.38. The molecule has 1 aromatic heterocycles.